The maximum Gasteiger partial charge on any atom is 0.408 e. The molecule has 0 unspecified atom stereocenters. The van der Waals surface area contributed by atoms with Gasteiger partial charge in [-0.2, -0.15) is 11.8 Å². The van der Waals surface area contributed by atoms with Gasteiger partial charge in [-0.05, 0) is 17.7 Å². The fraction of sp³-hybridized carbons (Fsp3) is 0.429. The summed E-state index contributed by atoms with van der Waals surface area (Å²) in [7, 11) is 0. The Morgan fingerprint density at radius 3 is 2.65 bits per heavy atom. The molecule has 1 aromatic rings. The number of nitrogens with one attached hydrogen (secondary N) is 1. The van der Waals surface area contributed by atoms with Gasteiger partial charge in [0.15, 0.2) is 0 Å². The number of aliphatic carboxylic acids is 1. The first-order chi connectivity index (χ1) is 9.63. The molecule has 1 atom stereocenters. The standard InChI is InChI=1S/C14H19NO4S/c1-2-8-20-10-12(13(16)17)15-14(18)19-9-11-6-4-3-5-7-11/h3-7,12H,2,8-10H2,1H3,(H,15,18)(H,16,17)/t12-/m1/s1. The second kappa shape index (κ2) is 9.25. The van der Waals surface area contributed by atoms with Gasteiger partial charge in [0.25, 0.3) is 0 Å². The molecule has 0 spiro atoms. The molecule has 20 heavy (non-hydrogen) atoms. The van der Waals surface area contributed by atoms with Crippen molar-refractivity contribution in [1.29, 1.82) is 0 Å². The maximum atomic E-state index is 11.6. The van der Waals surface area contributed by atoms with Gasteiger partial charge in [0.2, 0.25) is 0 Å². The molecule has 0 saturated heterocycles. The number of rotatable bonds is 8. The van der Waals surface area contributed by atoms with Crippen molar-refractivity contribution in [3.8, 4) is 0 Å². The van der Waals surface area contributed by atoms with Crippen molar-refractivity contribution in [2.24, 2.45) is 0 Å². The first-order valence-electron chi connectivity index (χ1n) is 6.41. The zero-order valence-corrected chi connectivity index (χ0v) is 12.2. The molecule has 0 aliphatic rings. The van der Waals surface area contributed by atoms with Gasteiger partial charge in [-0.15, -0.1) is 0 Å². The van der Waals surface area contributed by atoms with Gasteiger partial charge in [0.05, 0.1) is 0 Å². The summed E-state index contributed by atoms with van der Waals surface area (Å²) in [4.78, 5) is 22.6. The molecule has 0 radical (unpaired) electrons. The number of benzene rings is 1. The molecule has 110 valence electrons. The highest BCUT2D eigenvalue weighted by Gasteiger charge is 2.20. The largest absolute Gasteiger partial charge is 0.480 e. The maximum absolute atomic E-state index is 11.6. The van der Waals surface area contributed by atoms with Crippen molar-refractivity contribution in [1.82, 2.24) is 5.32 Å². The summed E-state index contributed by atoms with van der Waals surface area (Å²) in [6.07, 6.45) is 0.258. The van der Waals surface area contributed by atoms with Crippen molar-refractivity contribution in [3.63, 3.8) is 0 Å². The lowest BCUT2D eigenvalue weighted by atomic mass is 10.2. The summed E-state index contributed by atoms with van der Waals surface area (Å²) in [5.41, 5.74) is 0.856. The Morgan fingerprint density at radius 2 is 2.05 bits per heavy atom. The van der Waals surface area contributed by atoms with Gasteiger partial charge in [0.1, 0.15) is 12.6 Å². The van der Waals surface area contributed by atoms with Crippen molar-refractivity contribution in [2.75, 3.05) is 11.5 Å². The molecular formula is C14H19NO4S. The van der Waals surface area contributed by atoms with Crippen molar-refractivity contribution in [2.45, 2.75) is 26.0 Å². The van der Waals surface area contributed by atoms with E-state index in [0.29, 0.717) is 5.75 Å². The van der Waals surface area contributed by atoms with Gasteiger partial charge < -0.3 is 15.2 Å². The lowest BCUT2D eigenvalue weighted by Crippen LogP contribution is -2.42. The number of carbonyl (C=O) groups is 2. The number of alkyl carbamates (subject to hydrolysis) is 1. The molecule has 0 saturated carbocycles. The number of ether oxygens (including phenoxy) is 1. The summed E-state index contributed by atoms with van der Waals surface area (Å²) in [5, 5.41) is 11.4. The van der Waals surface area contributed by atoms with Crippen LogP contribution in [0.4, 0.5) is 4.79 Å². The highest BCUT2D eigenvalue weighted by atomic mass is 32.2. The minimum atomic E-state index is -1.05. The van der Waals surface area contributed by atoms with E-state index in [2.05, 4.69) is 5.32 Å². The van der Waals surface area contributed by atoms with Gasteiger partial charge >= 0.3 is 12.1 Å². The van der Waals surface area contributed by atoms with E-state index in [1.165, 1.54) is 11.8 Å². The van der Waals surface area contributed by atoms with Gasteiger partial charge in [-0.3, -0.25) is 0 Å². The number of thioether (sulfide) groups is 1. The monoisotopic (exact) mass is 297 g/mol. The molecule has 0 aliphatic carbocycles. The second-order valence-electron chi connectivity index (χ2n) is 4.17. The van der Waals surface area contributed by atoms with Crippen LogP contribution < -0.4 is 5.32 Å². The van der Waals surface area contributed by atoms with E-state index in [4.69, 9.17) is 9.84 Å². The third-order valence-corrected chi connectivity index (χ3v) is 3.70. The smallest absolute Gasteiger partial charge is 0.408 e. The molecule has 0 aliphatic heterocycles. The number of carboxylic acid groups (broad SMARTS) is 1. The Morgan fingerprint density at radius 1 is 1.35 bits per heavy atom. The number of amides is 1. The van der Waals surface area contributed by atoms with Gasteiger partial charge in [-0.1, -0.05) is 37.3 Å². The molecule has 0 fully saturated rings. The molecule has 0 aromatic heterocycles. The van der Waals surface area contributed by atoms with E-state index < -0.39 is 18.1 Å². The predicted molar refractivity (Wildman–Crippen MR) is 78.8 cm³/mol. The fourth-order valence-electron chi connectivity index (χ4n) is 1.43. The molecule has 5 nitrogen and oxygen atoms in total. The lowest BCUT2D eigenvalue weighted by molar-refractivity contribution is -0.138. The minimum absolute atomic E-state index is 0.126. The van der Waals surface area contributed by atoms with Crippen molar-refractivity contribution < 1.29 is 19.4 Å². The molecule has 1 rings (SSSR count). The highest BCUT2D eigenvalue weighted by molar-refractivity contribution is 7.99. The number of hydrogen-bond donors (Lipinski definition) is 2. The SMILES string of the molecule is CCCSC[C@@H](NC(=O)OCc1ccccc1)C(=O)O. The summed E-state index contributed by atoms with van der Waals surface area (Å²) in [6.45, 7) is 2.14. The van der Waals surface area contributed by atoms with Crippen LogP contribution in [-0.2, 0) is 16.1 Å². The third-order valence-electron chi connectivity index (χ3n) is 2.44. The van der Waals surface area contributed by atoms with E-state index >= 15 is 0 Å². The summed E-state index contributed by atoms with van der Waals surface area (Å²) in [5.74, 6) is 0.152. The van der Waals surface area contributed by atoms with E-state index in [1.807, 2.05) is 37.3 Å². The highest BCUT2D eigenvalue weighted by Crippen LogP contribution is 2.06. The molecule has 1 aromatic carbocycles. The Hall–Kier alpha value is -1.69. The van der Waals surface area contributed by atoms with Crippen LogP contribution in [0.2, 0.25) is 0 Å². The normalized spacial score (nSPS) is 11.7. The van der Waals surface area contributed by atoms with Crippen LogP contribution in [0, 0.1) is 0 Å². The molecule has 1 amide bonds. The lowest BCUT2D eigenvalue weighted by Gasteiger charge is -2.14. The van der Waals surface area contributed by atoms with Crippen LogP contribution in [0.3, 0.4) is 0 Å². The van der Waals surface area contributed by atoms with Crippen molar-refractivity contribution in [3.05, 3.63) is 35.9 Å². The Labute approximate surface area is 122 Å². The van der Waals surface area contributed by atoms with Crippen LogP contribution >= 0.6 is 11.8 Å². The summed E-state index contributed by atoms with van der Waals surface area (Å²) >= 11 is 1.50. The topological polar surface area (TPSA) is 75.6 Å². The molecule has 2 N–H and O–H groups in total. The molecule has 0 bridgehead atoms. The van der Waals surface area contributed by atoms with E-state index in [0.717, 1.165) is 17.7 Å². The molecular weight excluding hydrogens is 278 g/mol. The quantitative estimate of drug-likeness (QED) is 0.721. The van der Waals surface area contributed by atoms with E-state index in [1.54, 1.807) is 0 Å². The van der Waals surface area contributed by atoms with Crippen LogP contribution in [0.15, 0.2) is 30.3 Å². The third kappa shape index (κ3) is 6.47. The van der Waals surface area contributed by atoms with Gasteiger partial charge in [0, 0.05) is 5.75 Å². The van der Waals surface area contributed by atoms with E-state index in [9.17, 15) is 9.59 Å². The zero-order valence-electron chi connectivity index (χ0n) is 11.4. The Bertz CT molecular complexity index is 424. The summed E-state index contributed by atoms with van der Waals surface area (Å²) in [6, 6.07) is 8.30. The first-order valence-corrected chi connectivity index (χ1v) is 7.56. The predicted octanol–water partition coefficient (Wildman–Crippen LogP) is 2.51. The van der Waals surface area contributed by atoms with Crippen LogP contribution in [0.25, 0.3) is 0 Å². The fourth-order valence-corrected chi connectivity index (χ4v) is 2.34. The Balaban J connectivity index is 2.36. The van der Waals surface area contributed by atoms with Crippen LogP contribution in [0.5, 0.6) is 0 Å². The minimum Gasteiger partial charge on any atom is -0.480 e. The zero-order chi connectivity index (χ0) is 14.8. The van der Waals surface area contributed by atoms with E-state index in [-0.39, 0.29) is 6.61 Å². The average molecular weight is 297 g/mol. The second-order valence-corrected chi connectivity index (χ2v) is 5.32. The van der Waals surface area contributed by atoms with Crippen LogP contribution in [-0.4, -0.2) is 34.7 Å². The van der Waals surface area contributed by atoms with Crippen molar-refractivity contribution >= 4 is 23.8 Å². The summed E-state index contributed by atoms with van der Waals surface area (Å²) < 4.78 is 4.99. The van der Waals surface area contributed by atoms with Gasteiger partial charge in [-0.25, -0.2) is 9.59 Å². The Kier molecular flexibility index (Phi) is 7.57. The first kappa shape index (κ1) is 16.4. The number of hydrogen-bond acceptors (Lipinski definition) is 4. The number of carboxylic acids is 1. The van der Waals surface area contributed by atoms with Crippen LogP contribution in [0.1, 0.15) is 18.9 Å². The number of carbonyl (C=O) groups excluding carboxylic acids is 1. The molecule has 6 heteroatoms. The molecule has 0 heterocycles. The average Bonchev–Trinajstić information content (AvgIpc) is 2.45.